The van der Waals surface area contributed by atoms with Crippen LogP contribution in [0, 0.1) is 30.0 Å². The van der Waals surface area contributed by atoms with Crippen molar-refractivity contribution in [2.45, 2.75) is 89.3 Å². The lowest BCUT2D eigenvalue weighted by Gasteiger charge is -2.36. The number of anilines is 1. The summed E-state index contributed by atoms with van der Waals surface area (Å²) in [7, 11) is 0. The highest BCUT2D eigenvalue weighted by Crippen LogP contribution is 2.49. The molecule has 45 heavy (non-hydrogen) atoms. The molecular weight excluding hydrogens is 575 g/mol. The van der Waals surface area contributed by atoms with E-state index in [1.54, 1.807) is 13.0 Å². The average molecular weight is 614 g/mol. The third-order valence-electron chi connectivity index (χ3n) is 9.99. The first-order chi connectivity index (χ1) is 21.7. The third kappa shape index (κ3) is 5.56. The number of benzene rings is 2. The minimum absolute atomic E-state index is 0.167. The van der Waals surface area contributed by atoms with E-state index in [0.29, 0.717) is 44.1 Å². The molecule has 2 aromatic carbocycles. The van der Waals surface area contributed by atoms with Gasteiger partial charge in [-0.2, -0.15) is 10.4 Å². The summed E-state index contributed by atoms with van der Waals surface area (Å²) in [6.45, 7) is 6.07. The fraction of sp³-hybridized carbons (Fsp3) is 0.486. The largest absolute Gasteiger partial charge is 0.363 e. The van der Waals surface area contributed by atoms with Crippen molar-refractivity contribution in [2.75, 3.05) is 18.4 Å². The summed E-state index contributed by atoms with van der Waals surface area (Å²) in [6, 6.07) is 10.3. The SMILES string of the molecule is Cc1nc2c3cc(C4(C#N)CC4)cc(c3n1)CCCCn1cc(cn1)CN1CCC(CC1)C(F)(F)c1cccc(c1F)[C@@H](C)N2. The van der Waals surface area contributed by atoms with Crippen molar-refractivity contribution in [1.82, 2.24) is 24.6 Å². The molecule has 4 aliphatic rings. The zero-order valence-corrected chi connectivity index (χ0v) is 25.8. The van der Waals surface area contributed by atoms with Crippen LogP contribution < -0.4 is 5.32 Å². The maximum absolute atomic E-state index is 16.1. The van der Waals surface area contributed by atoms with E-state index in [9.17, 15) is 5.26 Å². The zero-order valence-electron chi connectivity index (χ0n) is 25.8. The first kappa shape index (κ1) is 29.7. The van der Waals surface area contributed by atoms with Crippen LogP contribution >= 0.6 is 0 Å². The second-order valence-corrected chi connectivity index (χ2v) is 13.2. The van der Waals surface area contributed by atoms with Gasteiger partial charge in [-0.1, -0.05) is 24.3 Å². The van der Waals surface area contributed by atoms with Crippen molar-refractivity contribution in [3.63, 3.8) is 0 Å². The molecule has 2 aromatic heterocycles. The number of alkyl halides is 2. The van der Waals surface area contributed by atoms with Crippen molar-refractivity contribution >= 4 is 16.7 Å². The Hall–Kier alpha value is -3.97. The van der Waals surface area contributed by atoms with Crippen LogP contribution in [-0.2, 0) is 30.8 Å². The first-order valence-electron chi connectivity index (χ1n) is 16.1. The molecule has 2 fully saturated rings. The molecule has 0 spiro atoms. The highest BCUT2D eigenvalue weighted by Gasteiger charge is 2.46. The van der Waals surface area contributed by atoms with E-state index in [1.165, 1.54) is 12.1 Å². The molecule has 8 rings (SSSR count). The molecule has 1 aliphatic carbocycles. The number of hydrogen-bond acceptors (Lipinski definition) is 6. The normalized spacial score (nSPS) is 24.3. The second-order valence-electron chi connectivity index (χ2n) is 13.2. The Kier molecular flexibility index (Phi) is 7.55. The van der Waals surface area contributed by atoms with Gasteiger partial charge in [-0.3, -0.25) is 9.58 Å². The molecule has 1 atom stereocenters. The van der Waals surface area contributed by atoms with Gasteiger partial charge in [-0.25, -0.2) is 23.1 Å². The van der Waals surface area contributed by atoms with Gasteiger partial charge in [0.1, 0.15) is 17.5 Å². The highest BCUT2D eigenvalue weighted by atomic mass is 19.3. The number of hydrogen-bond donors (Lipinski definition) is 1. The Morgan fingerprint density at radius 3 is 2.62 bits per heavy atom. The van der Waals surface area contributed by atoms with Gasteiger partial charge in [0.05, 0.1) is 34.8 Å². The number of nitriles is 1. The Morgan fingerprint density at radius 1 is 1.07 bits per heavy atom. The monoisotopic (exact) mass is 613 g/mol. The van der Waals surface area contributed by atoms with Crippen LogP contribution in [0.3, 0.4) is 0 Å². The first-order valence-corrected chi connectivity index (χ1v) is 16.1. The van der Waals surface area contributed by atoms with Crippen LogP contribution in [0.5, 0.6) is 0 Å². The van der Waals surface area contributed by atoms with Crippen molar-refractivity contribution in [1.29, 1.82) is 5.26 Å². The molecule has 4 aromatic rings. The molecule has 0 unspecified atom stereocenters. The van der Waals surface area contributed by atoms with Gasteiger partial charge in [-0.15, -0.1) is 0 Å². The summed E-state index contributed by atoms with van der Waals surface area (Å²) in [5, 5.41) is 18.7. The number of aryl methyl sites for hydroxylation is 3. The van der Waals surface area contributed by atoms with Crippen molar-refractivity contribution < 1.29 is 13.2 Å². The average Bonchev–Trinajstić information content (AvgIpc) is 3.71. The van der Waals surface area contributed by atoms with Gasteiger partial charge in [0.25, 0.3) is 5.92 Å². The fourth-order valence-corrected chi connectivity index (χ4v) is 7.14. The van der Waals surface area contributed by atoms with Gasteiger partial charge in [0, 0.05) is 41.7 Å². The van der Waals surface area contributed by atoms with Crippen molar-refractivity contribution in [3.05, 3.63) is 82.2 Å². The molecule has 1 N–H and O–H groups in total. The lowest BCUT2D eigenvalue weighted by molar-refractivity contribution is -0.0885. The molecule has 10 heteroatoms. The minimum Gasteiger partial charge on any atom is -0.363 e. The molecule has 3 aliphatic heterocycles. The molecule has 0 amide bonds. The quantitative estimate of drug-likeness (QED) is 0.242. The predicted molar refractivity (Wildman–Crippen MR) is 166 cm³/mol. The molecular formula is C35H38F3N7. The van der Waals surface area contributed by atoms with E-state index in [4.69, 9.17) is 9.97 Å². The minimum atomic E-state index is -3.30. The van der Waals surface area contributed by atoms with E-state index in [0.717, 1.165) is 66.2 Å². The van der Waals surface area contributed by atoms with Crippen molar-refractivity contribution in [3.8, 4) is 6.07 Å². The lowest BCUT2D eigenvalue weighted by atomic mass is 9.85. The number of nitrogens with zero attached hydrogens (tertiary/aromatic N) is 6. The van der Waals surface area contributed by atoms with E-state index in [-0.39, 0.29) is 5.56 Å². The zero-order chi connectivity index (χ0) is 31.3. The summed E-state index contributed by atoms with van der Waals surface area (Å²) in [6.07, 6.45) is 8.68. The molecule has 7 nitrogen and oxygen atoms in total. The van der Waals surface area contributed by atoms with Crippen LogP contribution in [0.25, 0.3) is 10.9 Å². The van der Waals surface area contributed by atoms with Crippen LogP contribution in [-0.4, -0.2) is 37.7 Å². The number of fused-ring (bicyclic) bond motifs is 6. The maximum Gasteiger partial charge on any atom is 0.278 e. The number of nitrogens with one attached hydrogen (secondary N) is 1. The van der Waals surface area contributed by atoms with Gasteiger partial charge in [-0.05, 0) is 89.1 Å². The van der Waals surface area contributed by atoms with Crippen LogP contribution in [0.4, 0.5) is 19.0 Å². The van der Waals surface area contributed by atoms with E-state index in [2.05, 4.69) is 27.5 Å². The summed E-state index contributed by atoms with van der Waals surface area (Å²) in [5.41, 5.74) is 2.95. The van der Waals surface area contributed by atoms with Gasteiger partial charge < -0.3 is 5.32 Å². The highest BCUT2D eigenvalue weighted by molar-refractivity contribution is 5.92. The molecule has 10 bridgehead atoms. The molecule has 1 saturated heterocycles. The fourth-order valence-electron chi connectivity index (χ4n) is 7.14. The van der Waals surface area contributed by atoms with E-state index >= 15 is 13.2 Å². The Morgan fingerprint density at radius 2 is 1.87 bits per heavy atom. The van der Waals surface area contributed by atoms with Crippen LogP contribution in [0.2, 0.25) is 0 Å². The van der Waals surface area contributed by atoms with Crippen LogP contribution in [0.1, 0.15) is 85.1 Å². The molecule has 0 radical (unpaired) electrons. The van der Waals surface area contributed by atoms with E-state index in [1.807, 2.05) is 30.1 Å². The molecule has 5 heterocycles. The standard InChI is InChI=1S/C35H38F3N7/c1-22-28-7-5-8-30(31(28)36)35(37,38)26-9-14-44(15-10-26)19-24-18-40-45(20-24)13-4-3-6-25-16-27(34(21-39)11-12-34)17-29-32(25)42-23(2)43-33(29)41-22/h5,7-8,16-18,20,22,26H,3-4,6,9-15,19H2,1-2H3,(H,41,42,43)/t22-/m1/s1. The van der Waals surface area contributed by atoms with Gasteiger partial charge >= 0.3 is 0 Å². The Balaban J connectivity index is 1.31. The predicted octanol–water partition coefficient (Wildman–Crippen LogP) is 7.34. The summed E-state index contributed by atoms with van der Waals surface area (Å²) in [5.74, 6) is -4.05. The van der Waals surface area contributed by atoms with Gasteiger partial charge in [0.15, 0.2) is 0 Å². The topological polar surface area (TPSA) is 82.7 Å². The smallest absolute Gasteiger partial charge is 0.278 e. The molecule has 234 valence electrons. The summed E-state index contributed by atoms with van der Waals surface area (Å²) in [4.78, 5) is 11.7. The lowest BCUT2D eigenvalue weighted by Crippen LogP contribution is -2.39. The van der Waals surface area contributed by atoms with Crippen molar-refractivity contribution in [2.24, 2.45) is 5.92 Å². The van der Waals surface area contributed by atoms with E-state index < -0.39 is 34.7 Å². The van der Waals surface area contributed by atoms with Crippen LogP contribution in [0.15, 0.2) is 42.7 Å². The maximum atomic E-state index is 16.1. The third-order valence-corrected chi connectivity index (χ3v) is 9.99. The molecule has 1 saturated carbocycles. The Labute approximate surface area is 261 Å². The summed E-state index contributed by atoms with van der Waals surface area (Å²) < 4.78 is 50.0. The Bertz CT molecular complexity index is 1780. The number of aromatic nitrogens is 4. The van der Waals surface area contributed by atoms with Gasteiger partial charge in [0.2, 0.25) is 0 Å². The number of rotatable bonds is 1. The number of halogens is 3. The summed E-state index contributed by atoms with van der Waals surface area (Å²) >= 11 is 0. The number of piperidine rings is 1. The second kappa shape index (κ2) is 11.4.